The molecule has 0 aromatic carbocycles. The van der Waals surface area contributed by atoms with Crippen molar-refractivity contribution < 1.29 is 19.1 Å². The highest BCUT2D eigenvalue weighted by molar-refractivity contribution is 5.72. The van der Waals surface area contributed by atoms with Crippen LogP contribution < -0.4 is 10.6 Å². The molecule has 1 heterocycles. The van der Waals surface area contributed by atoms with E-state index in [-0.39, 0.29) is 17.6 Å². The largest absolute Gasteiger partial charge is 0.449 e. The summed E-state index contributed by atoms with van der Waals surface area (Å²) in [5.74, 6) is 0.404. The van der Waals surface area contributed by atoms with Crippen LogP contribution in [0.3, 0.4) is 0 Å². The predicted molar refractivity (Wildman–Crippen MR) is 77.9 cm³/mol. The van der Waals surface area contributed by atoms with Crippen LogP contribution >= 0.6 is 0 Å². The van der Waals surface area contributed by atoms with Gasteiger partial charge in [0.2, 0.25) is 5.91 Å². The Kier molecular flexibility index (Phi) is 5.45. The van der Waals surface area contributed by atoms with Crippen LogP contribution in [-0.4, -0.2) is 43.4 Å². The summed E-state index contributed by atoms with van der Waals surface area (Å²) in [6.07, 6.45) is 4.83. The Bertz CT molecular complexity index is 388. The second-order valence-corrected chi connectivity index (χ2v) is 6.27. The molecule has 0 spiro atoms. The van der Waals surface area contributed by atoms with Crippen LogP contribution in [0.2, 0.25) is 0 Å². The molecule has 1 aliphatic heterocycles. The Hall–Kier alpha value is -1.30. The minimum absolute atomic E-state index is 0.0226. The molecule has 0 aromatic heterocycles. The molecule has 3 atom stereocenters. The van der Waals surface area contributed by atoms with Crippen molar-refractivity contribution in [3.05, 3.63) is 0 Å². The summed E-state index contributed by atoms with van der Waals surface area (Å²) in [6, 6.07) is 0. The zero-order valence-electron chi connectivity index (χ0n) is 12.9. The van der Waals surface area contributed by atoms with E-state index in [2.05, 4.69) is 17.6 Å². The number of epoxide rings is 1. The summed E-state index contributed by atoms with van der Waals surface area (Å²) in [6.45, 7) is 5.35. The number of hydrogen-bond donors (Lipinski definition) is 2. The lowest BCUT2D eigenvalue weighted by Gasteiger charge is -2.21. The van der Waals surface area contributed by atoms with Gasteiger partial charge >= 0.3 is 6.09 Å². The van der Waals surface area contributed by atoms with Crippen molar-refractivity contribution in [1.82, 2.24) is 10.6 Å². The van der Waals surface area contributed by atoms with E-state index in [1.54, 1.807) is 0 Å². The number of hydrogen-bond acceptors (Lipinski definition) is 4. The Morgan fingerprint density at radius 1 is 1.29 bits per heavy atom. The van der Waals surface area contributed by atoms with E-state index in [1.807, 2.05) is 0 Å². The van der Waals surface area contributed by atoms with Gasteiger partial charge in [0.25, 0.3) is 0 Å². The number of ether oxygens (including phenoxy) is 2. The maximum absolute atomic E-state index is 11.5. The standard InChI is InChI=1S/C15H26N2O4/c1-11(18)16-7-3-4-8-17-14(19)20-10-12-5-6-15(2)13(9-12)21-15/h12-13H,3-10H2,1-2H3,(H,16,18)(H,17,19). The van der Waals surface area contributed by atoms with Crippen molar-refractivity contribution in [1.29, 1.82) is 0 Å². The highest BCUT2D eigenvalue weighted by atomic mass is 16.6. The van der Waals surface area contributed by atoms with Crippen LogP contribution in [0.15, 0.2) is 0 Å². The molecule has 1 aliphatic carbocycles. The molecule has 0 radical (unpaired) electrons. The number of rotatable bonds is 7. The molecular weight excluding hydrogens is 272 g/mol. The van der Waals surface area contributed by atoms with Gasteiger partial charge < -0.3 is 20.1 Å². The summed E-state index contributed by atoms with van der Waals surface area (Å²) in [4.78, 5) is 22.2. The fraction of sp³-hybridized carbons (Fsp3) is 0.867. The first kappa shape index (κ1) is 16.1. The third-order valence-corrected chi connectivity index (χ3v) is 4.33. The summed E-state index contributed by atoms with van der Waals surface area (Å²) >= 11 is 0. The van der Waals surface area contributed by atoms with Crippen LogP contribution in [0.5, 0.6) is 0 Å². The molecule has 2 rings (SSSR count). The number of nitrogens with one attached hydrogen (secondary N) is 2. The van der Waals surface area contributed by atoms with Gasteiger partial charge in [0.15, 0.2) is 0 Å². The van der Waals surface area contributed by atoms with Gasteiger partial charge in [0, 0.05) is 20.0 Å². The minimum Gasteiger partial charge on any atom is -0.449 e. The lowest BCUT2D eigenvalue weighted by molar-refractivity contribution is -0.118. The zero-order valence-corrected chi connectivity index (χ0v) is 12.9. The summed E-state index contributed by atoms with van der Waals surface area (Å²) < 4.78 is 10.9. The summed E-state index contributed by atoms with van der Waals surface area (Å²) in [7, 11) is 0. The number of carbonyl (C=O) groups is 2. The Balaban J connectivity index is 1.45. The van der Waals surface area contributed by atoms with Gasteiger partial charge in [-0.1, -0.05) is 0 Å². The molecule has 21 heavy (non-hydrogen) atoms. The highest BCUT2D eigenvalue weighted by Gasteiger charge is 2.55. The highest BCUT2D eigenvalue weighted by Crippen LogP contribution is 2.49. The van der Waals surface area contributed by atoms with Crippen LogP contribution in [0, 0.1) is 5.92 Å². The maximum atomic E-state index is 11.5. The molecule has 2 N–H and O–H groups in total. The Morgan fingerprint density at radius 3 is 2.67 bits per heavy atom. The molecule has 2 aliphatic rings. The Labute approximate surface area is 125 Å². The van der Waals surface area contributed by atoms with Gasteiger partial charge in [-0.15, -0.1) is 0 Å². The van der Waals surface area contributed by atoms with Crippen molar-refractivity contribution in [2.24, 2.45) is 5.92 Å². The number of amides is 2. The second kappa shape index (κ2) is 7.11. The monoisotopic (exact) mass is 298 g/mol. The molecule has 2 amide bonds. The summed E-state index contributed by atoms with van der Waals surface area (Å²) in [5, 5.41) is 5.45. The zero-order chi connectivity index (χ0) is 15.3. The second-order valence-electron chi connectivity index (χ2n) is 6.27. The van der Waals surface area contributed by atoms with E-state index in [1.165, 1.54) is 6.92 Å². The van der Waals surface area contributed by atoms with E-state index < -0.39 is 0 Å². The maximum Gasteiger partial charge on any atom is 0.407 e. The van der Waals surface area contributed by atoms with Crippen molar-refractivity contribution in [2.75, 3.05) is 19.7 Å². The van der Waals surface area contributed by atoms with E-state index >= 15 is 0 Å². The molecule has 120 valence electrons. The first-order valence-corrected chi connectivity index (χ1v) is 7.82. The molecule has 3 unspecified atom stereocenters. The van der Waals surface area contributed by atoms with E-state index in [0.717, 1.165) is 32.1 Å². The first-order valence-electron chi connectivity index (χ1n) is 7.82. The van der Waals surface area contributed by atoms with Crippen LogP contribution in [-0.2, 0) is 14.3 Å². The van der Waals surface area contributed by atoms with Crippen molar-refractivity contribution in [2.45, 2.75) is 57.7 Å². The fourth-order valence-electron chi connectivity index (χ4n) is 2.82. The van der Waals surface area contributed by atoms with E-state index in [9.17, 15) is 9.59 Å². The SMILES string of the molecule is CC(=O)NCCCCNC(=O)OCC1CCC2(C)OC2C1. The van der Waals surface area contributed by atoms with Gasteiger partial charge in [-0.05, 0) is 44.9 Å². The normalized spacial score (nSPS) is 30.2. The quantitative estimate of drug-likeness (QED) is 0.552. The van der Waals surface area contributed by atoms with Gasteiger partial charge in [-0.2, -0.15) is 0 Å². The third-order valence-electron chi connectivity index (χ3n) is 4.33. The molecule has 0 aromatic rings. The van der Waals surface area contributed by atoms with Gasteiger partial charge in [0.05, 0.1) is 18.3 Å². The molecule has 1 saturated heterocycles. The van der Waals surface area contributed by atoms with Gasteiger partial charge in [0.1, 0.15) is 0 Å². The molecule has 0 bridgehead atoms. The number of fused-ring (bicyclic) bond motifs is 1. The van der Waals surface area contributed by atoms with E-state index in [4.69, 9.17) is 9.47 Å². The minimum atomic E-state index is -0.348. The molecule has 6 heteroatoms. The fourth-order valence-corrected chi connectivity index (χ4v) is 2.82. The summed E-state index contributed by atoms with van der Waals surface area (Å²) in [5.41, 5.74) is 0.118. The van der Waals surface area contributed by atoms with Crippen LogP contribution in [0.25, 0.3) is 0 Å². The topological polar surface area (TPSA) is 80.0 Å². The molecular formula is C15H26N2O4. The van der Waals surface area contributed by atoms with Crippen LogP contribution in [0.4, 0.5) is 4.79 Å². The van der Waals surface area contributed by atoms with Crippen LogP contribution in [0.1, 0.15) is 46.0 Å². The smallest absolute Gasteiger partial charge is 0.407 e. The molecule has 6 nitrogen and oxygen atoms in total. The number of unbranched alkanes of at least 4 members (excludes halogenated alkanes) is 1. The number of carbonyl (C=O) groups excluding carboxylic acids is 2. The first-order chi connectivity index (χ1) is 9.99. The van der Waals surface area contributed by atoms with Crippen molar-refractivity contribution in [3.8, 4) is 0 Å². The van der Waals surface area contributed by atoms with E-state index in [0.29, 0.717) is 31.7 Å². The average Bonchev–Trinajstić information content (AvgIpc) is 3.10. The molecule has 2 fully saturated rings. The molecule has 1 saturated carbocycles. The average molecular weight is 298 g/mol. The predicted octanol–water partition coefficient (Wildman–Crippen LogP) is 1.59. The lowest BCUT2D eigenvalue weighted by atomic mass is 9.83. The lowest BCUT2D eigenvalue weighted by Crippen LogP contribution is -2.30. The number of alkyl carbamates (subject to hydrolysis) is 1. The van der Waals surface area contributed by atoms with Gasteiger partial charge in [-0.25, -0.2) is 4.79 Å². The Morgan fingerprint density at radius 2 is 2.00 bits per heavy atom. The van der Waals surface area contributed by atoms with Gasteiger partial charge in [-0.3, -0.25) is 4.79 Å². The third kappa shape index (κ3) is 5.19. The van der Waals surface area contributed by atoms with Crippen molar-refractivity contribution >= 4 is 12.0 Å². The van der Waals surface area contributed by atoms with Crippen molar-refractivity contribution in [3.63, 3.8) is 0 Å².